The number of H-pyrrole nitrogens is 1. The molecule has 6 nitrogen and oxygen atoms in total. The molecule has 2 aromatic heterocycles. The average molecular weight is 281 g/mol. The van der Waals surface area contributed by atoms with E-state index in [1.54, 1.807) is 24.4 Å². The summed E-state index contributed by atoms with van der Waals surface area (Å²) in [6.07, 6.45) is 4.43. The maximum atomic E-state index is 12.4. The van der Waals surface area contributed by atoms with Crippen LogP contribution in [0.5, 0.6) is 0 Å². The van der Waals surface area contributed by atoms with Crippen molar-refractivity contribution in [3.8, 4) is 0 Å². The van der Waals surface area contributed by atoms with E-state index in [4.69, 9.17) is 5.11 Å². The van der Waals surface area contributed by atoms with Gasteiger partial charge in [-0.05, 0) is 24.3 Å². The molecule has 104 valence electrons. The van der Waals surface area contributed by atoms with Crippen LogP contribution < -0.4 is 5.32 Å². The molecule has 0 radical (unpaired) electrons. The predicted octanol–water partition coefficient (Wildman–Crippen LogP) is 2.51. The Hall–Kier alpha value is -3.15. The summed E-state index contributed by atoms with van der Waals surface area (Å²) >= 11 is 0. The number of carboxylic acid groups (broad SMARTS) is 1. The fraction of sp³-hybridized carbons (Fsp3) is 0. The van der Waals surface area contributed by atoms with Crippen molar-refractivity contribution in [2.45, 2.75) is 0 Å². The van der Waals surface area contributed by atoms with Crippen molar-refractivity contribution in [3.05, 3.63) is 60.0 Å². The summed E-state index contributed by atoms with van der Waals surface area (Å²) in [5.41, 5.74) is 1.48. The first-order valence-electron chi connectivity index (χ1n) is 6.21. The Balaban J connectivity index is 1.97. The first-order chi connectivity index (χ1) is 10.2. The van der Waals surface area contributed by atoms with Gasteiger partial charge in [0.05, 0.1) is 17.4 Å². The molecule has 0 bridgehead atoms. The highest BCUT2D eigenvalue weighted by Crippen LogP contribution is 2.20. The Morgan fingerprint density at radius 2 is 2.00 bits per heavy atom. The number of pyridine rings is 1. The monoisotopic (exact) mass is 281 g/mol. The number of aromatic nitrogens is 2. The summed E-state index contributed by atoms with van der Waals surface area (Å²) in [6.45, 7) is 0. The molecule has 3 N–H and O–H groups in total. The molecule has 0 unspecified atom stereocenters. The molecule has 3 rings (SSSR count). The topological polar surface area (TPSA) is 95.1 Å². The van der Waals surface area contributed by atoms with Crippen molar-refractivity contribution >= 4 is 28.5 Å². The molecule has 0 spiro atoms. The van der Waals surface area contributed by atoms with Gasteiger partial charge in [-0.3, -0.25) is 9.78 Å². The van der Waals surface area contributed by atoms with Crippen molar-refractivity contribution in [1.82, 2.24) is 9.97 Å². The number of nitrogens with zero attached hydrogens (tertiary/aromatic N) is 1. The molecular weight excluding hydrogens is 270 g/mol. The third kappa shape index (κ3) is 2.34. The first kappa shape index (κ1) is 12.9. The van der Waals surface area contributed by atoms with Crippen molar-refractivity contribution in [1.29, 1.82) is 0 Å². The summed E-state index contributed by atoms with van der Waals surface area (Å²) in [5, 5.41) is 12.5. The second kappa shape index (κ2) is 5.09. The summed E-state index contributed by atoms with van der Waals surface area (Å²) in [6, 6.07) is 8.44. The fourth-order valence-electron chi connectivity index (χ4n) is 2.15. The number of aromatic carboxylic acids is 1. The number of amides is 1. The van der Waals surface area contributed by atoms with Gasteiger partial charge in [-0.15, -0.1) is 0 Å². The lowest BCUT2D eigenvalue weighted by Crippen LogP contribution is -2.15. The Morgan fingerprint density at radius 1 is 1.14 bits per heavy atom. The molecule has 0 aliphatic carbocycles. The summed E-state index contributed by atoms with van der Waals surface area (Å²) < 4.78 is 0. The highest BCUT2D eigenvalue weighted by molar-refractivity contribution is 6.14. The number of carboxylic acids is 1. The van der Waals surface area contributed by atoms with Crippen LogP contribution >= 0.6 is 0 Å². The molecule has 0 aliphatic rings. The fourth-order valence-corrected chi connectivity index (χ4v) is 2.15. The molecule has 0 saturated heterocycles. The standard InChI is InChI=1S/C15H11N3O3/c19-14(10-2-1-3-12-9(10)5-7-17-12)18-13-8-16-6-4-11(13)15(20)21/h1-8,17H,(H,18,19)(H,20,21). The van der Waals surface area contributed by atoms with Gasteiger partial charge < -0.3 is 15.4 Å². The lowest BCUT2D eigenvalue weighted by molar-refractivity contribution is 0.0698. The van der Waals surface area contributed by atoms with Crippen molar-refractivity contribution < 1.29 is 14.7 Å². The van der Waals surface area contributed by atoms with Gasteiger partial charge in [-0.2, -0.15) is 0 Å². The zero-order valence-corrected chi connectivity index (χ0v) is 10.8. The highest BCUT2D eigenvalue weighted by Gasteiger charge is 2.15. The van der Waals surface area contributed by atoms with Gasteiger partial charge in [-0.25, -0.2) is 4.79 Å². The van der Waals surface area contributed by atoms with Crippen LogP contribution in [0, 0.1) is 0 Å². The molecule has 1 aromatic carbocycles. The Labute approximate surface area is 119 Å². The van der Waals surface area contributed by atoms with Crippen LogP contribution in [-0.4, -0.2) is 27.0 Å². The predicted molar refractivity (Wildman–Crippen MR) is 77.4 cm³/mol. The Morgan fingerprint density at radius 3 is 2.81 bits per heavy atom. The number of carbonyl (C=O) groups excluding carboxylic acids is 1. The molecule has 3 aromatic rings. The smallest absolute Gasteiger partial charge is 0.337 e. The van der Waals surface area contributed by atoms with E-state index in [0.717, 1.165) is 10.9 Å². The third-order valence-corrected chi connectivity index (χ3v) is 3.14. The molecule has 2 heterocycles. The number of aromatic amines is 1. The van der Waals surface area contributed by atoms with Gasteiger partial charge in [0.1, 0.15) is 0 Å². The van der Waals surface area contributed by atoms with Gasteiger partial charge >= 0.3 is 5.97 Å². The summed E-state index contributed by atoms with van der Waals surface area (Å²) in [7, 11) is 0. The minimum absolute atomic E-state index is 0.000376. The van der Waals surface area contributed by atoms with Crippen LogP contribution in [0.4, 0.5) is 5.69 Å². The van der Waals surface area contributed by atoms with Crippen LogP contribution in [-0.2, 0) is 0 Å². The normalized spacial score (nSPS) is 10.5. The van der Waals surface area contributed by atoms with Crippen molar-refractivity contribution in [2.24, 2.45) is 0 Å². The molecular formula is C15H11N3O3. The average Bonchev–Trinajstić information content (AvgIpc) is 2.95. The van der Waals surface area contributed by atoms with Gasteiger partial charge in [0.2, 0.25) is 0 Å². The largest absolute Gasteiger partial charge is 0.478 e. The lowest BCUT2D eigenvalue weighted by Gasteiger charge is -2.08. The number of benzene rings is 1. The van der Waals surface area contributed by atoms with E-state index in [2.05, 4.69) is 15.3 Å². The third-order valence-electron chi connectivity index (χ3n) is 3.14. The number of carbonyl (C=O) groups is 2. The van der Waals surface area contributed by atoms with E-state index < -0.39 is 5.97 Å². The van der Waals surface area contributed by atoms with Crippen LogP contribution in [0.15, 0.2) is 48.9 Å². The number of nitrogens with one attached hydrogen (secondary N) is 2. The van der Waals surface area contributed by atoms with Gasteiger partial charge in [0, 0.05) is 28.9 Å². The van der Waals surface area contributed by atoms with E-state index in [-0.39, 0.29) is 17.2 Å². The van der Waals surface area contributed by atoms with Crippen LogP contribution in [0.2, 0.25) is 0 Å². The second-order valence-corrected chi connectivity index (χ2v) is 4.43. The maximum Gasteiger partial charge on any atom is 0.337 e. The van der Waals surface area contributed by atoms with Gasteiger partial charge in [0.25, 0.3) is 5.91 Å². The van der Waals surface area contributed by atoms with E-state index in [1.165, 1.54) is 18.5 Å². The summed E-state index contributed by atoms with van der Waals surface area (Å²) in [5.74, 6) is -1.50. The van der Waals surface area contributed by atoms with E-state index in [0.29, 0.717) is 5.56 Å². The number of hydrogen-bond donors (Lipinski definition) is 3. The molecule has 0 atom stereocenters. The zero-order chi connectivity index (χ0) is 14.8. The number of hydrogen-bond acceptors (Lipinski definition) is 3. The lowest BCUT2D eigenvalue weighted by atomic mass is 10.1. The highest BCUT2D eigenvalue weighted by atomic mass is 16.4. The number of fused-ring (bicyclic) bond motifs is 1. The molecule has 6 heteroatoms. The minimum atomic E-state index is -1.12. The van der Waals surface area contributed by atoms with Crippen LogP contribution in [0.1, 0.15) is 20.7 Å². The molecule has 0 saturated carbocycles. The SMILES string of the molecule is O=C(O)c1ccncc1NC(=O)c1cccc2[nH]ccc12. The Kier molecular flexibility index (Phi) is 3.12. The minimum Gasteiger partial charge on any atom is -0.478 e. The Bertz CT molecular complexity index is 839. The van der Waals surface area contributed by atoms with E-state index in [1.807, 2.05) is 6.07 Å². The van der Waals surface area contributed by atoms with Crippen molar-refractivity contribution in [3.63, 3.8) is 0 Å². The van der Waals surface area contributed by atoms with Gasteiger partial charge in [0.15, 0.2) is 0 Å². The maximum absolute atomic E-state index is 12.4. The molecule has 0 aliphatic heterocycles. The summed E-state index contributed by atoms with van der Waals surface area (Å²) in [4.78, 5) is 30.3. The first-order valence-corrected chi connectivity index (χ1v) is 6.21. The molecule has 1 amide bonds. The number of anilines is 1. The van der Waals surface area contributed by atoms with Gasteiger partial charge in [-0.1, -0.05) is 6.07 Å². The second-order valence-electron chi connectivity index (χ2n) is 4.43. The van der Waals surface area contributed by atoms with Crippen LogP contribution in [0.3, 0.4) is 0 Å². The van der Waals surface area contributed by atoms with E-state index >= 15 is 0 Å². The van der Waals surface area contributed by atoms with Crippen LogP contribution in [0.25, 0.3) is 10.9 Å². The number of rotatable bonds is 3. The van der Waals surface area contributed by atoms with E-state index in [9.17, 15) is 9.59 Å². The zero-order valence-electron chi connectivity index (χ0n) is 10.8. The molecule has 0 fully saturated rings. The van der Waals surface area contributed by atoms with Crippen molar-refractivity contribution in [2.75, 3.05) is 5.32 Å². The molecule has 21 heavy (non-hydrogen) atoms. The quantitative estimate of drug-likeness (QED) is 0.687.